The van der Waals surface area contributed by atoms with Crippen molar-refractivity contribution >= 4 is 34.2 Å². The minimum Gasteiger partial charge on any atom is -0.352 e. The van der Waals surface area contributed by atoms with Crippen LogP contribution in [0.4, 0.5) is 4.39 Å². The minimum absolute atomic E-state index is 0. The van der Waals surface area contributed by atoms with Gasteiger partial charge in [-0.1, -0.05) is 28.9 Å². The molecule has 0 heterocycles. The predicted octanol–water partition coefficient (Wildman–Crippen LogP) is 2.22. The van der Waals surface area contributed by atoms with Crippen molar-refractivity contribution < 1.29 is 9.18 Å². The summed E-state index contributed by atoms with van der Waals surface area (Å²) in [4.78, 5) is 11.4. The first-order chi connectivity index (χ1) is 7.54. The zero-order valence-corrected chi connectivity index (χ0v) is 11.8. The number of carbonyl (C=O) groups excluding carboxylic acids is 1. The van der Waals surface area contributed by atoms with Gasteiger partial charge in [-0.25, -0.2) is 4.39 Å². The van der Waals surface area contributed by atoms with Crippen LogP contribution >= 0.6 is 28.3 Å². The average molecular weight is 326 g/mol. The van der Waals surface area contributed by atoms with Crippen molar-refractivity contribution in [3.63, 3.8) is 0 Å². The molecule has 0 aliphatic carbocycles. The lowest BCUT2D eigenvalue weighted by Crippen LogP contribution is -2.32. The van der Waals surface area contributed by atoms with Gasteiger partial charge < -0.3 is 11.1 Å². The quantitative estimate of drug-likeness (QED) is 0.892. The SMILES string of the molecule is CC(CN)C(=O)NCc1ccc(F)cc1Br.Cl. The zero-order valence-electron chi connectivity index (χ0n) is 9.37. The van der Waals surface area contributed by atoms with E-state index in [1.165, 1.54) is 12.1 Å². The molecule has 96 valence electrons. The second-order valence-corrected chi connectivity index (χ2v) is 4.44. The monoisotopic (exact) mass is 324 g/mol. The van der Waals surface area contributed by atoms with Gasteiger partial charge in [0.2, 0.25) is 5.91 Å². The molecule has 0 radical (unpaired) electrons. The number of hydrogen-bond acceptors (Lipinski definition) is 2. The summed E-state index contributed by atoms with van der Waals surface area (Å²) >= 11 is 3.24. The molecular formula is C11H15BrClFN2O. The smallest absolute Gasteiger partial charge is 0.224 e. The third-order valence-corrected chi connectivity index (χ3v) is 3.01. The Balaban J connectivity index is 0.00000256. The summed E-state index contributed by atoms with van der Waals surface area (Å²) in [6, 6.07) is 4.36. The Kier molecular flexibility index (Phi) is 7.34. The third kappa shape index (κ3) is 5.02. The lowest BCUT2D eigenvalue weighted by Gasteiger charge is -2.10. The van der Waals surface area contributed by atoms with Gasteiger partial charge in [0.15, 0.2) is 0 Å². The minimum atomic E-state index is -0.308. The van der Waals surface area contributed by atoms with Crippen molar-refractivity contribution in [3.05, 3.63) is 34.1 Å². The number of amides is 1. The fraction of sp³-hybridized carbons (Fsp3) is 0.364. The molecule has 0 saturated heterocycles. The van der Waals surface area contributed by atoms with Crippen molar-refractivity contribution in [1.82, 2.24) is 5.32 Å². The van der Waals surface area contributed by atoms with E-state index in [0.717, 1.165) is 5.56 Å². The molecule has 1 atom stereocenters. The highest BCUT2D eigenvalue weighted by molar-refractivity contribution is 9.10. The van der Waals surface area contributed by atoms with Gasteiger partial charge in [-0.2, -0.15) is 0 Å². The maximum absolute atomic E-state index is 12.8. The van der Waals surface area contributed by atoms with Crippen LogP contribution in [-0.4, -0.2) is 12.5 Å². The molecule has 0 spiro atoms. The fourth-order valence-corrected chi connectivity index (χ4v) is 1.62. The average Bonchev–Trinajstić information content (AvgIpc) is 2.26. The van der Waals surface area contributed by atoms with Gasteiger partial charge in [-0.3, -0.25) is 4.79 Å². The number of hydrogen-bond donors (Lipinski definition) is 2. The van der Waals surface area contributed by atoms with E-state index in [0.29, 0.717) is 17.6 Å². The predicted molar refractivity (Wildman–Crippen MR) is 71.4 cm³/mol. The van der Waals surface area contributed by atoms with Crippen molar-refractivity contribution in [3.8, 4) is 0 Å². The van der Waals surface area contributed by atoms with E-state index in [9.17, 15) is 9.18 Å². The van der Waals surface area contributed by atoms with Crippen LogP contribution in [0.1, 0.15) is 12.5 Å². The normalized spacial score (nSPS) is 11.5. The molecule has 0 aliphatic rings. The lowest BCUT2D eigenvalue weighted by atomic mass is 10.1. The van der Waals surface area contributed by atoms with E-state index < -0.39 is 0 Å². The van der Waals surface area contributed by atoms with Gasteiger partial charge in [-0.15, -0.1) is 12.4 Å². The third-order valence-electron chi connectivity index (χ3n) is 2.27. The van der Waals surface area contributed by atoms with Crippen molar-refractivity contribution in [2.75, 3.05) is 6.54 Å². The molecule has 1 unspecified atom stereocenters. The van der Waals surface area contributed by atoms with Gasteiger partial charge in [0.25, 0.3) is 0 Å². The molecule has 3 nitrogen and oxygen atoms in total. The maximum atomic E-state index is 12.8. The zero-order chi connectivity index (χ0) is 12.1. The number of rotatable bonds is 4. The number of nitrogens with one attached hydrogen (secondary N) is 1. The van der Waals surface area contributed by atoms with Crippen LogP contribution in [0.2, 0.25) is 0 Å². The van der Waals surface area contributed by atoms with Crippen molar-refractivity contribution in [2.45, 2.75) is 13.5 Å². The molecule has 6 heteroatoms. The Morgan fingerprint density at radius 2 is 2.24 bits per heavy atom. The number of benzene rings is 1. The standard InChI is InChI=1S/C11H14BrFN2O.ClH/c1-7(5-14)11(16)15-6-8-2-3-9(13)4-10(8)12;/h2-4,7H,5-6,14H2,1H3,(H,15,16);1H. The fourth-order valence-electron chi connectivity index (χ4n) is 1.13. The van der Waals surface area contributed by atoms with Crippen LogP contribution in [0.25, 0.3) is 0 Å². The molecule has 1 amide bonds. The second-order valence-electron chi connectivity index (χ2n) is 3.59. The van der Waals surface area contributed by atoms with E-state index in [1.807, 2.05) is 0 Å². The maximum Gasteiger partial charge on any atom is 0.224 e. The van der Waals surface area contributed by atoms with E-state index in [-0.39, 0.29) is 30.0 Å². The summed E-state index contributed by atoms with van der Waals surface area (Å²) < 4.78 is 13.4. The first-order valence-corrected chi connectivity index (χ1v) is 5.75. The molecule has 1 rings (SSSR count). The summed E-state index contributed by atoms with van der Waals surface area (Å²) in [6.07, 6.45) is 0. The van der Waals surface area contributed by atoms with Gasteiger partial charge >= 0.3 is 0 Å². The molecular weight excluding hydrogens is 310 g/mol. The Labute approximate surface area is 114 Å². The van der Waals surface area contributed by atoms with Crippen LogP contribution in [0.3, 0.4) is 0 Å². The summed E-state index contributed by atoms with van der Waals surface area (Å²) in [5.41, 5.74) is 6.20. The molecule has 0 fully saturated rings. The van der Waals surface area contributed by atoms with Crippen LogP contribution in [0.15, 0.2) is 22.7 Å². The first-order valence-electron chi connectivity index (χ1n) is 4.96. The molecule has 1 aromatic carbocycles. The highest BCUT2D eigenvalue weighted by Crippen LogP contribution is 2.17. The Bertz CT molecular complexity index is 390. The van der Waals surface area contributed by atoms with E-state index in [2.05, 4.69) is 21.2 Å². The van der Waals surface area contributed by atoms with Crippen LogP contribution in [0, 0.1) is 11.7 Å². The number of carbonyl (C=O) groups is 1. The molecule has 0 aromatic heterocycles. The number of nitrogens with two attached hydrogens (primary N) is 1. The van der Waals surface area contributed by atoms with E-state index >= 15 is 0 Å². The molecule has 3 N–H and O–H groups in total. The van der Waals surface area contributed by atoms with Crippen LogP contribution < -0.4 is 11.1 Å². The van der Waals surface area contributed by atoms with Crippen molar-refractivity contribution in [1.29, 1.82) is 0 Å². The van der Waals surface area contributed by atoms with Crippen molar-refractivity contribution in [2.24, 2.45) is 11.7 Å². The van der Waals surface area contributed by atoms with E-state index in [4.69, 9.17) is 5.73 Å². The molecule has 0 saturated carbocycles. The number of halogens is 3. The van der Waals surface area contributed by atoms with E-state index in [1.54, 1.807) is 13.0 Å². The van der Waals surface area contributed by atoms with Gasteiger partial charge in [0.05, 0.1) is 0 Å². The summed E-state index contributed by atoms with van der Waals surface area (Å²) in [5.74, 6) is -0.616. The second kappa shape index (κ2) is 7.63. The highest BCUT2D eigenvalue weighted by atomic mass is 79.9. The Morgan fingerprint density at radius 1 is 1.59 bits per heavy atom. The van der Waals surface area contributed by atoms with Crippen LogP contribution in [0.5, 0.6) is 0 Å². The van der Waals surface area contributed by atoms with Gasteiger partial charge in [-0.05, 0) is 17.7 Å². The van der Waals surface area contributed by atoms with Crippen LogP contribution in [-0.2, 0) is 11.3 Å². The summed E-state index contributed by atoms with van der Waals surface area (Å²) in [7, 11) is 0. The first kappa shape index (κ1) is 16.4. The molecule has 0 aliphatic heterocycles. The highest BCUT2D eigenvalue weighted by Gasteiger charge is 2.10. The Hall–Kier alpha value is -0.650. The topological polar surface area (TPSA) is 55.1 Å². The lowest BCUT2D eigenvalue weighted by molar-refractivity contribution is -0.124. The summed E-state index contributed by atoms with van der Waals surface area (Å²) in [5, 5.41) is 2.74. The Morgan fingerprint density at radius 3 is 2.76 bits per heavy atom. The molecule has 0 bridgehead atoms. The van der Waals surface area contributed by atoms with Gasteiger partial charge in [0.1, 0.15) is 5.82 Å². The molecule has 1 aromatic rings. The largest absolute Gasteiger partial charge is 0.352 e. The molecule has 17 heavy (non-hydrogen) atoms. The summed E-state index contributed by atoms with van der Waals surface area (Å²) in [6.45, 7) is 2.44. The van der Waals surface area contributed by atoms with Gasteiger partial charge in [0, 0.05) is 23.5 Å².